The summed E-state index contributed by atoms with van der Waals surface area (Å²) in [6, 6.07) is 17.1. The molecular formula is C26H25ClFN3O2. The fourth-order valence-corrected chi connectivity index (χ4v) is 4.22. The van der Waals surface area contributed by atoms with Crippen LogP contribution in [0.2, 0.25) is 5.02 Å². The Bertz CT molecular complexity index is 1150. The van der Waals surface area contributed by atoms with Gasteiger partial charge in [-0.2, -0.15) is 0 Å². The maximum absolute atomic E-state index is 14.1. The molecule has 1 aromatic heterocycles. The number of carbonyl (C=O) groups is 1. The second-order valence-electron chi connectivity index (χ2n) is 8.41. The van der Waals surface area contributed by atoms with Crippen LogP contribution >= 0.6 is 11.6 Å². The third kappa shape index (κ3) is 4.96. The van der Waals surface area contributed by atoms with Gasteiger partial charge in [0.25, 0.3) is 0 Å². The van der Waals surface area contributed by atoms with Crippen LogP contribution in [-0.4, -0.2) is 33.9 Å². The SMILES string of the molecule is C=C(C)C(=O)OCCCc1nc([C@]2(c3ccc(Cl)cc3)C[C@@H](F)C2)nnc1-c1ccccc1. The Hall–Kier alpha value is -3.12. The first-order valence-corrected chi connectivity index (χ1v) is 11.3. The Labute approximate surface area is 197 Å². The van der Waals surface area contributed by atoms with Gasteiger partial charge in [-0.1, -0.05) is 60.6 Å². The molecule has 0 atom stereocenters. The van der Waals surface area contributed by atoms with E-state index in [1.165, 1.54) is 0 Å². The molecule has 0 unspecified atom stereocenters. The zero-order valence-electron chi connectivity index (χ0n) is 18.4. The summed E-state index contributed by atoms with van der Waals surface area (Å²) >= 11 is 6.07. The summed E-state index contributed by atoms with van der Waals surface area (Å²) in [5, 5.41) is 9.61. The summed E-state index contributed by atoms with van der Waals surface area (Å²) in [6.07, 6.45) is 0.791. The summed E-state index contributed by atoms with van der Waals surface area (Å²) in [5.74, 6) is 0.0947. The van der Waals surface area contributed by atoms with Crippen molar-refractivity contribution in [1.29, 1.82) is 0 Å². The van der Waals surface area contributed by atoms with Crippen molar-refractivity contribution in [3.63, 3.8) is 0 Å². The van der Waals surface area contributed by atoms with Crippen LogP contribution in [0.4, 0.5) is 4.39 Å². The van der Waals surface area contributed by atoms with E-state index in [-0.39, 0.29) is 6.61 Å². The fraction of sp³-hybridized carbons (Fsp3) is 0.308. The van der Waals surface area contributed by atoms with E-state index in [1.807, 2.05) is 42.5 Å². The number of nitrogens with zero attached hydrogens (tertiary/aromatic N) is 3. The summed E-state index contributed by atoms with van der Waals surface area (Å²) in [7, 11) is 0. The first-order valence-electron chi connectivity index (χ1n) is 10.9. The molecule has 0 amide bonds. The molecule has 4 rings (SSSR count). The highest BCUT2D eigenvalue weighted by Crippen LogP contribution is 2.49. The van der Waals surface area contributed by atoms with Gasteiger partial charge >= 0.3 is 5.97 Å². The van der Waals surface area contributed by atoms with Gasteiger partial charge < -0.3 is 4.74 Å². The third-order valence-corrected chi connectivity index (χ3v) is 6.16. The second kappa shape index (κ2) is 9.79. The fourth-order valence-electron chi connectivity index (χ4n) is 4.10. The van der Waals surface area contributed by atoms with Crippen molar-refractivity contribution in [3.05, 3.63) is 88.9 Å². The first kappa shape index (κ1) is 23.1. The molecule has 1 aliphatic carbocycles. The van der Waals surface area contributed by atoms with Gasteiger partial charge in [-0.05, 0) is 50.3 Å². The number of esters is 1. The largest absolute Gasteiger partial charge is 0.462 e. The topological polar surface area (TPSA) is 65.0 Å². The Morgan fingerprint density at radius 2 is 1.85 bits per heavy atom. The summed E-state index contributed by atoms with van der Waals surface area (Å²) in [4.78, 5) is 16.6. The molecule has 0 N–H and O–H groups in total. The number of benzene rings is 2. The Balaban J connectivity index is 1.66. The van der Waals surface area contributed by atoms with Gasteiger partial charge in [-0.15, -0.1) is 10.2 Å². The van der Waals surface area contributed by atoms with Crippen LogP contribution in [-0.2, 0) is 21.4 Å². The lowest BCUT2D eigenvalue weighted by Crippen LogP contribution is -2.45. The predicted octanol–water partition coefficient (Wildman–Crippen LogP) is 5.66. The molecule has 1 heterocycles. The lowest BCUT2D eigenvalue weighted by atomic mass is 9.62. The molecule has 0 radical (unpaired) electrons. The van der Waals surface area contributed by atoms with E-state index in [0.29, 0.717) is 47.8 Å². The lowest BCUT2D eigenvalue weighted by Gasteiger charge is -2.43. The van der Waals surface area contributed by atoms with E-state index in [9.17, 15) is 9.18 Å². The van der Waals surface area contributed by atoms with Gasteiger partial charge in [0.05, 0.1) is 17.7 Å². The summed E-state index contributed by atoms with van der Waals surface area (Å²) < 4.78 is 19.4. The second-order valence-corrected chi connectivity index (χ2v) is 8.85. The van der Waals surface area contributed by atoms with Crippen molar-refractivity contribution in [2.24, 2.45) is 0 Å². The van der Waals surface area contributed by atoms with Crippen molar-refractivity contribution in [2.75, 3.05) is 6.61 Å². The monoisotopic (exact) mass is 465 g/mol. The van der Waals surface area contributed by atoms with Crippen LogP contribution < -0.4 is 0 Å². The van der Waals surface area contributed by atoms with E-state index in [0.717, 1.165) is 16.8 Å². The average Bonchev–Trinajstić information content (AvgIpc) is 2.80. The van der Waals surface area contributed by atoms with Crippen LogP contribution in [0.1, 0.15) is 43.3 Å². The molecular weight excluding hydrogens is 441 g/mol. The summed E-state index contributed by atoms with van der Waals surface area (Å²) in [5.41, 5.74) is 2.97. The molecule has 5 nitrogen and oxygen atoms in total. The molecule has 7 heteroatoms. The highest BCUT2D eigenvalue weighted by atomic mass is 35.5. The van der Waals surface area contributed by atoms with Crippen LogP contribution in [0.15, 0.2) is 66.7 Å². The maximum atomic E-state index is 14.1. The molecule has 2 aromatic carbocycles. The molecule has 1 fully saturated rings. The normalized spacial score (nSPS) is 19.5. The van der Waals surface area contributed by atoms with Gasteiger partial charge in [0.2, 0.25) is 0 Å². The van der Waals surface area contributed by atoms with Crippen molar-refractivity contribution in [3.8, 4) is 11.3 Å². The van der Waals surface area contributed by atoms with Crippen LogP contribution in [0.3, 0.4) is 0 Å². The van der Waals surface area contributed by atoms with Crippen molar-refractivity contribution >= 4 is 17.6 Å². The highest BCUT2D eigenvalue weighted by molar-refractivity contribution is 6.30. The Morgan fingerprint density at radius 3 is 2.48 bits per heavy atom. The summed E-state index contributed by atoms with van der Waals surface area (Å²) in [6.45, 7) is 5.46. The maximum Gasteiger partial charge on any atom is 0.333 e. The van der Waals surface area contributed by atoms with E-state index < -0.39 is 17.6 Å². The van der Waals surface area contributed by atoms with E-state index in [4.69, 9.17) is 21.3 Å². The number of rotatable bonds is 8. The highest BCUT2D eigenvalue weighted by Gasteiger charge is 2.50. The van der Waals surface area contributed by atoms with Crippen LogP contribution in [0.5, 0.6) is 0 Å². The van der Waals surface area contributed by atoms with Gasteiger partial charge in [0, 0.05) is 16.2 Å². The number of aryl methyl sites for hydroxylation is 1. The predicted molar refractivity (Wildman–Crippen MR) is 126 cm³/mol. The number of halogens is 2. The first-order chi connectivity index (χ1) is 15.9. The quantitative estimate of drug-likeness (QED) is 0.244. The van der Waals surface area contributed by atoms with E-state index in [2.05, 4.69) is 16.8 Å². The molecule has 3 aromatic rings. The van der Waals surface area contributed by atoms with Gasteiger partial charge in [0.1, 0.15) is 11.9 Å². The molecule has 0 aliphatic heterocycles. The molecule has 0 spiro atoms. The number of ether oxygens (including phenoxy) is 1. The molecule has 0 saturated heterocycles. The molecule has 1 aliphatic rings. The minimum Gasteiger partial charge on any atom is -0.462 e. The molecule has 33 heavy (non-hydrogen) atoms. The molecule has 1 saturated carbocycles. The number of carbonyl (C=O) groups excluding carboxylic acids is 1. The number of alkyl halides is 1. The molecule has 170 valence electrons. The third-order valence-electron chi connectivity index (χ3n) is 5.91. The minimum absolute atomic E-state index is 0.244. The standard InChI is InChI=1S/C26H25ClFN3O2/c1-17(2)24(32)33-14-6-9-22-23(18-7-4-3-5-8-18)30-31-25(29-22)26(15-21(28)16-26)19-10-12-20(27)13-11-19/h3-5,7-8,10-13,21H,1,6,9,14-16H2,2H3/t21-,26-. The van der Waals surface area contributed by atoms with Crippen LogP contribution in [0.25, 0.3) is 11.3 Å². The van der Waals surface area contributed by atoms with Gasteiger partial charge in [0.15, 0.2) is 5.82 Å². The smallest absolute Gasteiger partial charge is 0.333 e. The van der Waals surface area contributed by atoms with Crippen molar-refractivity contribution in [2.45, 2.75) is 44.2 Å². The van der Waals surface area contributed by atoms with E-state index >= 15 is 0 Å². The zero-order valence-corrected chi connectivity index (χ0v) is 19.2. The number of hydrogen-bond donors (Lipinski definition) is 0. The van der Waals surface area contributed by atoms with Gasteiger partial charge in [-0.25, -0.2) is 14.2 Å². The Morgan fingerprint density at radius 1 is 1.15 bits per heavy atom. The molecule has 0 bridgehead atoms. The Kier molecular flexibility index (Phi) is 6.84. The average molecular weight is 466 g/mol. The number of aromatic nitrogens is 3. The van der Waals surface area contributed by atoms with Crippen LogP contribution in [0, 0.1) is 0 Å². The van der Waals surface area contributed by atoms with E-state index in [1.54, 1.807) is 19.1 Å². The van der Waals surface area contributed by atoms with Crippen molar-refractivity contribution in [1.82, 2.24) is 15.2 Å². The number of hydrogen-bond acceptors (Lipinski definition) is 5. The minimum atomic E-state index is -0.914. The van der Waals surface area contributed by atoms with Gasteiger partial charge in [-0.3, -0.25) is 0 Å². The zero-order chi connectivity index (χ0) is 23.4. The van der Waals surface area contributed by atoms with Crippen molar-refractivity contribution < 1.29 is 13.9 Å². The lowest BCUT2D eigenvalue weighted by molar-refractivity contribution is -0.139.